The molecule has 0 radical (unpaired) electrons. The maximum absolute atomic E-state index is 11.9. The number of thioether (sulfide) groups is 1. The molecule has 8 heteroatoms. The van der Waals surface area contributed by atoms with Gasteiger partial charge in [-0.3, -0.25) is 4.79 Å². The van der Waals surface area contributed by atoms with Gasteiger partial charge in [0, 0.05) is 24.4 Å². The van der Waals surface area contributed by atoms with E-state index in [2.05, 4.69) is 21.4 Å². The summed E-state index contributed by atoms with van der Waals surface area (Å²) in [6.07, 6.45) is 1.55. The standard InChI is InChI=1S/C18H16N4O2S2/c1-24-7-6-19-14(23)9-25-18-16-15(20-10-21-18)12-8-11-4-2-3-5-13(11)22-17(12)26-16/h2-5,8,10H,6-7,9H2,1H3,(H,19,23). The van der Waals surface area contributed by atoms with Gasteiger partial charge in [-0.05, 0) is 12.1 Å². The highest BCUT2D eigenvalue weighted by atomic mass is 32.2. The number of para-hydroxylation sites is 1. The SMILES string of the molecule is COCCNC(=O)CSc1ncnc2c1sc1nc3ccccc3cc12. The van der Waals surface area contributed by atoms with Gasteiger partial charge in [-0.15, -0.1) is 11.3 Å². The molecule has 0 aliphatic carbocycles. The second kappa shape index (κ2) is 7.53. The van der Waals surface area contributed by atoms with Crippen LogP contribution in [-0.4, -0.2) is 46.9 Å². The van der Waals surface area contributed by atoms with Crippen LogP contribution in [0.15, 0.2) is 41.7 Å². The number of thiophene rings is 1. The molecular weight excluding hydrogens is 368 g/mol. The minimum atomic E-state index is -0.0382. The number of ether oxygens (including phenoxy) is 1. The van der Waals surface area contributed by atoms with Crippen LogP contribution in [0.1, 0.15) is 0 Å². The maximum atomic E-state index is 11.9. The first-order chi connectivity index (χ1) is 12.8. The smallest absolute Gasteiger partial charge is 0.230 e. The highest BCUT2D eigenvalue weighted by molar-refractivity contribution is 8.00. The van der Waals surface area contributed by atoms with Crippen LogP contribution >= 0.6 is 23.1 Å². The van der Waals surface area contributed by atoms with Gasteiger partial charge in [0.15, 0.2) is 0 Å². The van der Waals surface area contributed by atoms with Crippen LogP contribution in [0.5, 0.6) is 0 Å². The van der Waals surface area contributed by atoms with Gasteiger partial charge >= 0.3 is 0 Å². The highest BCUT2D eigenvalue weighted by Gasteiger charge is 2.14. The van der Waals surface area contributed by atoms with E-state index in [4.69, 9.17) is 9.72 Å². The van der Waals surface area contributed by atoms with Crippen molar-refractivity contribution in [3.63, 3.8) is 0 Å². The van der Waals surface area contributed by atoms with E-state index in [9.17, 15) is 4.79 Å². The third-order valence-electron chi connectivity index (χ3n) is 3.88. The summed E-state index contributed by atoms with van der Waals surface area (Å²) in [5, 5.41) is 5.74. The third-order valence-corrected chi connectivity index (χ3v) is 6.10. The summed E-state index contributed by atoms with van der Waals surface area (Å²) in [5.41, 5.74) is 1.85. The lowest BCUT2D eigenvalue weighted by Crippen LogP contribution is -2.28. The van der Waals surface area contributed by atoms with Gasteiger partial charge in [0.1, 0.15) is 16.2 Å². The molecule has 0 unspecified atom stereocenters. The molecular formula is C18H16N4O2S2. The Hall–Kier alpha value is -2.29. The summed E-state index contributed by atoms with van der Waals surface area (Å²) in [7, 11) is 1.61. The first kappa shape index (κ1) is 17.1. The maximum Gasteiger partial charge on any atom is 0.230 e. The number of fused-ring (bicyclic) bond motifs is 4. The van der Waals surface area contributed by atoms with Gasteiger partial charge in [-0.1, -0.05) is 30.0 Å². The number of methoxy groups -OCH3 is 1. The van der Waals surface area contributed by atoms with Gasteiger partial charge < -0.3 is 10.1 Å². The molecule has 0 fully saturated rings. The topological polar surface area (TPSA) is 77.0 Å². The Morgan fingerprint density at radius 1 is 1.31 bits per heavy atom. The number of nitrogens with zero attached hydrogens (tertiary/aromatic N) is 3. The van der Waals surface area contributed by atoms with Gasteiger partial charge in [-0.25, -0.2) is 15.0 Å². The Bertz CT molecular complexity index is 1100. The van der Waals surface area contributed by atoms with Crippen molar-refractivity contribution in [3.8, 4) is 0 Å². The quantitative estimate of drug-likeness (QED) is 0.312. The third kappa shape index (κ3) is 3.35. The molecule has 0 aliphatic rings. The lowest BCUT2D eigenvalue weighted by molar-refractivity contribution is -0.118. The molecule has 3 heterocycles. The van der Waals surface area contributed by atoms with Crippen molar-refractivity contribution in [2.75, 3.05) is 26.0 Å². The molecule has 0 saturated carbocycles. The minimum absolute atomic E-state index is 0.0382. The second-order valence-corrected chi connectivity index (χ2v) is 7.59. The van der Waals surface area contributed by atoms with E-state index in [-0.39, 0.29) is 5.91 Å². The predicted octanol–water partition coefficient (Wildman–Crippen LogP) is 3.25. The number of nitrogens with one attached hydrogen (secondary N) is 1. The van der Waals surface area contributed by atoms with Crippen LogP contribution in [0.4, 0.5) is 0 Å². The lowest BCUT2D eigenvalue weighted by Gasteiger charge is -2.04. The van der Waals surface area contributed by atoms with Crippen LogP contribution in [0, 0.1) is 0 Å². The summed E-state index contributed by atoms with van der Waals surface area (Å²) in [5.74, 6) is 0.267. The normalized spacial score (nSPS) is 11.4. The van der Waals surface area contributed by atoms with Crippen LogP contribution in [0.25, 0.3) is 31.3 Å². The molecule has 0 bridgehead atoms. The van der Waals surface area contributed by atoms with Gasteiger partial charge in [0.05, 0.1) is 28.1 Å². The van der Waals surface area contributed by atoms with Crippen molar-refractivity contribution in [2.24, 2.45) is 0 Å². The molecule has 26 heavy (non-hydrogen) atoms. The average Bonchev–Trinajstić information content (AvgIpc) is 3.03. The van der Waals surface area contributed by atoms with Crippen molar-refractivity contribution >= 4 is 60.3 Å². The molecule has 1 aromatic carbocycles. The number of benzene rings is 1. The zero-order valence-electron chi connectivity index (χ0n) is 14.1. The number of aromatic nitrogens is 3. The fourth-order valence-corrected chi connectivity index (χ4v) is 4.69. The number of pyridine rings is 1. The molecule has 0 spiro atoms. The minimum Gasteiger partial charge on any atom is -0.383 e. The Morgan fingerprint density at radius 2 is 2.19 bits per heavy atom. The average molecular weight is 384 g/mol. The zero-order valence-corrected chi connectivity index (χ0v) is 15.7. The first-order valence-electron chi connectivity index (χ1n) is 8.07. The Labute approximate surface area is 158 Å². The van der Waals surface area contributed by atoms with Crippen molar-refractivity contribution in [1.29, 1.82) is 0 Å². The summed E-state index contributed by atoms with van der Waals surface area (Å²) < 4.78 is 5.90. The zero-order chi connectivity index (χ0) is 17.9. The number of carbonyl (C=O) groups is 1. The molecule has 6 nitrogen and oxygen atoms in total. The summed E-state index contributed by atoms with van der Waals surface area (Å²) in [4.78, 5) is 26.4. The summed E-state index contributed by atoms with van der Waals surface area (Å²) in [6.45, 7) is 1.01. The molecule has 0 atom stereocenters. The molecule has 1 amide bonds. The molecule has 4 aromatic rings. The molecule has 0 aliphatic heterocycles. The van der Waals surface area contributed by atoms with Crippen LogP contribution in [0.2, 0.25) is 0 Å². The van der Waals surface area contributed by atoms with Gasteiger partial charge in [0.25, 0.3) is 0 Å². The number of hydrogen-bond donors (Lipinski definition) is 1. The summed E-state index contributed by atoms with van der Waals surface area (Å²) >= 11 is 2.98. The molecule has 132 valence electrons. The van der Waals surface area contributed by atoms with Crippen LogP contribution < -0.4 is 5.32 Å². The van der Waals surface area contributed by atoms with E-state index in [1.807, 2.05) is 24.3 Å². The highest BCUT2D eigenvalue weighted by Crippen LogP contribution is 2.37. The van der Waals surface area contributed by atoms with Crippen LogP contribution in [-0.2, 0) is 9.53 Å². The molecule has 4 rings (SSSR count). The monoisotopic (exact) mass is 384 g/mol. The van der Waals surface area contributed by atoms with Crippen molar-refractivity contribution < 1.29 is 9.53 Å². The molecule has 3 aromatic heterocycles. The Kier molecular flexibility index (Phi) is 4.96. The Balaban J connectivity index is 1.65. The molecule has 1 N–H and O–H groups in total. The van der Waals surface area contributed by atoms with E-state index in [0.29, 0.717) is 18.9 Å². The number of rotatable bonds is 6. The largest absolute Gasteiger partial charge is 0.383 e. The Morgan fingerprint density at radius 3 is 3.08 bits per heavy atom. The number of carbonyl (C=O) groups excluding carboxylic acids is 1. The van der Waals surface area contributed by atoms with E-state index in [1.54, 1.807) is 24.8 Å². The summed E-state index contributed by atoms with van der Waals surface area (Å²) in [6, 6.07) is 10.2. The molecule has 0 saturated heterocycles. The van der Waals surface area contributed by atoms with E-state index >= 15 is 0 Å². The van der Waals surface area contributed by atoms with Gasteiger partial charge in [0.2, 0.25) is 5.91 Å². The van der Waals surface area contributed by atoms with E-state index < -0.39 is 0 Å². The number of hydrogen-bond acceptors (Lipinski definition) is 7. The fourth-order valence-electron chi connectivity index (χ4n) is 2.66. The van der Waals surface area contributed by atoms with Crippen molar-refractivity contribution in [2.45, 2.75) is 5.03 Å². The second-order valence-electron chi connectivity index (χ2n) is 5.62. The lowest BCUT2D eigenvalue weighted by atomic mass is 10.2. The predicted molar refractivity (Wildman–Crippen MR) is 106 cm³/mol. The van der Waals surface area contributed by atoms with Crippen LogP contribution in [0.3, 0.4) is 0 Å². The van der Waals surface area contributed by atoms with E-state index in [1.165, 1.54) is 11.8 Å². The first-order valence-corrected chi connectivity index (χ1v) is 9.88. The fraction of sp³-hybridized carbons (Fsp3) is 0.222. The van der Waals surface area contributed by atoms with Crippen molar-refractivity contribution in [3.05, 3.63) is 36.7 Å². The van der Waals surface area contributed by atoms with Gasteiger partial charge in [-0.2, -0.15) is 0 Å². The van der Waals surface area contributed by atoms with E-state index in [0.717, 1.165) is 36.4 Å². The van der Waals surface area contributed by atoms with Crippen molar-refractivity contribution in [1.82, 2.24) is 20.3 Å². The number of amides is 1.